The molecule has 0 amide bonds. The number of fused-ring (bicyclic) bond motifs is 1. The number of thioether (sulfide) groups is 1. The maximum Gasteiger partial charge on any atom is 0.0104 e. The Labute approximate surface area is 88.6 Å². The molecular formula is C12H13NS. The first kappa shape index (κ1) is 9.41. The average Bonchev–Trinajstić information content (AvgIpc) is 2.92. The first-order valence-corrected chi connectivity index (χ1v) is 5.74. The maximum atomic E-state index is 2.86. The normalized spacial score (nSPS) is 12.9. The van der Waals surface area contributed by atoms with Gasteiger partial charge in [0.2, 0.25) is 0 Å². The van der Waals surface area contributed by atoms with E-state index in [2.05, 4.69) is 29.2 Å². The number of hydrogen-bond donors (Lipinski definition) is 1. The third-order valence-corrected chi connectivity index (χ3v) is 3.22. The Morgan fingerprint density at radius 2 is 1.79 bits per heavy atom. The van der Waals surface area contributed by atoms with Gasteiger partial charge < -0.3 is 4.98 Å². The summed E-state index contributed by atoms with van der Waals surface area (Å²) in [7, 11) is 0. The highest BCUT2D eigenvalue weighted by atomic mass is 32.2. The predicted octanol–water partition coefficient (Wildman–Crippen LogP) is 3.35. The predicted molar refractivity (Wildman–Crippen MR) is 61.7 cm³/mol. The van der Waals surface area contributed by atoms with E-state index in [1.54, 1.807) is 0 Å². The number of aromatic nitrogens is 1. The Bertz CT molecular complexity index is 327. The standard InChI is InChI=1S/C8H8S.C4H5N/c1-2-4-8-7(3-1)5-6-9-8;1-2-4-5-3-1/h1-4H,5-6H2;1-5H. The van der Waals surface area contributed by atoms with Crippen molar-refractivity contribution < 1.29 is 0 Å². The Kier molecular flexibility index (Phi) is 3.30. The molecule has 1 aliphatic rings. The van der Waals surface area contributed by atoms with Gasteiger partial charge in [-0.1, -0.05) is 18.2 Å². The molecule has 1 nitrogen and oxygen atoms in total. The van der Waals surface area contributed by atoms with E-state index in [0.717, 1.165) is 0 Å². The van der Waals surface area contributed by atoms with Gasteiger partial charge in [0.25, 0.3) is 0 Å². The van der Waals surface area contributed by atoms with Crippen LogP contribution in [0.1, 0.15) is 5.56 Å². The molecule has 0 atom stereocenters. The number of hydrogen-bond acceptors (Lipinski definition) is 1. The first-order valence-electron chi connectivity index (χ1n) is 4.75. The van der Waals surface area contributed by atoms with Crippen molar-refractivity contribution in [2.45, 2.75) is 11.3 Å². The summed E-state index contributed by atoms with van der Waals surface area (Å²) in [4.78, 5) is 4.34. The van der Waals surface area contributed by atoms with Crippen molar-refractivity contribution in [1.29, 1.82) is 0 Å². The molecule has 1 aromatic heterocycles. The topological polar surface area (TPSA) is 15.8 Å². The molecule has 1 aromatic carbocycles. The molecule has 2 heteroatoms. The second-order valence-electron chi connectivity index (χ2n) is 3.09. The number of benzene rings is 1. The van der Waals surface area contributed by atoms with Gasteiger partial charge in [-0.25, -0.2) is 0 Å². The molecule has 0 fully saturated rings. The fourth-order valence-corrected chi connectivity index (χ4v) is 2.47. The third kappa shape index (κ3) is 2.42. The Morgan fingerprint density at radius 3 is 2.43 bits per heavy atom. The molecule has 0 saturated carbocycles. The van der Waals surface area contributed by atoms with Crippen LogP contribution in [-0.2, 0) is 6.42 Å². The van der Waals surface area contributed by atoms with Crippen LogP contribution in [0.4, 0.5) is 0 Å². The lowest BCUT2D eigenvalue weighted by Crippen LogP contribution is -1.76. The molecular weight excluding hydrogens is 190 g/mol. The van der Waals surface area contributed by atoms with Crippen LogP contribution >= 0.6 is 11.8 Å². The van der Waals surface area contributed by atoms with Gasteiger partial charge in [-0.05, 0) is 30.2 Å². The summed E-state index contributed by atoms with van der Waals surface area (Å²) in [5, 5.41) is 0. The second-order valence-corrected chi connectivity index (χ2v) is 4.23. The molecule has 1 aliphatic heterocycles. The van der Waals surface area contributed by atoms with Gasteiger partial charge in [-0.15, -0.1) is 11.8 Å². The molecule has 0 radical (unpaired) electrons. The zero-order valence-corrected chi connectivity index (χ0v) is 8.76. The summed E-state index contributed by atoms with van der Waals surface area (Å²) in [5.41, 5.74) is 1.53. The van der Waals surface area contributed by atoms with E-state index in [4.69, 9.17) is 0 Å². The number of nitrogens with one attached hydrogen (secondary N) is 1. The highest BCUT2D eigenvalue weighted by molar-refractivity contribution is 7.99. The van der Waals surface area contributed by atoms with Crippen molar-refractivity contribution in [3.8, 4) is 0 Å². The molecule has 72 valence electrons. The van der Waals surface area contributed by atoms with Gasteiger partial charge in [0, 0.05) is 23.0 Å². The van der Waals surface area contributed by atoms with Gasteiger partial charge >= 0.3 is 0 Å². The summed E-state index contributed by atoms with van der Waals surface area (Å²) >= 11 is 1.97. The lowest BCUT2D eigenvalue weighted by Gasteiger charge is -1.92. The second kappa shape index (κ2) is 4.91. The Hall–Kier alpha value is -1.15. The van der Waals surface area contributed by atoms with Crippen molar-refractivity contribution in [2.24, 2.45) is 0 Å². The summed E-state index contributed by atoms with van der Waals surface area (Å²) < 4.78 is 0. The Morgan fingerprint density at radius 1 is 1.00 bits per heavy atom. The van der Waals surface area contributed by atoms with Crippen LogP contribution in [0.25, 0.3) is 0 Å². The van der Waals surface area contributed by atoms with E-state index in [1.165, 1.54) is 22.6 Å². The maximum absolute atomic E-state index is 2.86. The van der Waals surface area contributed by atoms with Crippen LogP contribution in [0.2, 0.25) is 0 Å². The molecule has 2 heterocycles. The van der Waals surface area contributed by atoms with Crippen LogP contribution in [0.5, 0.6) is 0 Å². The van der Waals surface area contributed by atoms with Crippen LogP contribution in [0, 0.1) is 0 Å². The van der Waals surface area contributed by atoms with Crippen LogP contribution in [-0.4, -0.2) is 10.7 Å². The van der Waals surface area contributed by atoms with Crippen molar-refractivity contribution in [1.82, 2.24) is 4.98 Å². The van der Waals surface area contributed by atoms with Gasteiger partial charge in [0.1, 0.15) is 0 Å². The van der Waals surface area contributed by atoms with Gasteiger partial charge in [0.15, 0.2) is 0 Å². The molecule has 0 saturated heterocycles. The zero-order chi connectivity index (χ0) is 9.64. The molecule has 3 rings (SSSR count). The number of rotatable bonds is 0. The minimum atomic E-state index is 1.26. The number of aromatic amines is 1. The minimum absolute atomic E-state index is 1.26. The quantitative estimate of drug-likeness (QED) is 0.694. The van der Waals surface area contributed by atoms with Crippen molar-refractivity contribution >= 4 is 11.8 Å². The molecule has 14 heavy (non-hydrogen) atoms. The van der Waals surface area contributed by atoms with E-state index in [0.29, 0.717) is 0 Å². The lowest BCUT2D eigenvalue weighted by molar-refractivity contribution is 1.15. The first-order chi connectivity index (χ1) is 6.97. The lowest BCUT2D eigenvalue weighted by atomic mass is 10.2. The zero-order valence-electron chi connectivity index (χ0n) is 7.94. The van der Waals surface area contributed by atoms with E-state index < -0.39 is 0 Å². The van der Waals surface area contributed by atoms with Crippen molar-refractivity contribution in [3.05, 3.63) is 54.4 Å². The van der Waals surface area contributed by atoms with Crippen LogP contribution in [0.15, 0.2) is 53.7 Å². The molecule has 2 aromatic rings. The molecule has 0 aliphatic carbocycles. The molecule has 1 N–H and O–H groups in total. The number of H-pyrrole nitrogens is 1. The fourth-order valence-electron chi connectivity index (χ4n) is 1.40. The summed E-state index contributed by atoms with van der Waals surface area (Å²) in [5.74, 6) is 1.28. The van der Waals surface area contributed by atoms with Crippen molar-refractivity contribution in [2.75, 3.05) is 5.75 Å². The average molecular weight is 203 g/mol. The molecule has 0 bridgehead atoms. The van der Waals surface area contributed by atoms with Gasteiger partial charge in [-0.3, -0.25) is 0 Å². The SMILES string of the molecule is c1cc[nH]c1.c1ccc2c(c1)CCS2. The van der Waals surface area contributed by atoms with E-state index >= 15 is 0 Å². The van der Waals surface area contributed by atoms with E-state index in [1.807, 2.05) is 36.3 Å². The van der Waals surface area contributed by atoms with Crippen LogP contribution in [0.3, 0.4) is 0 Å². The Balaban J connectivity index is 0.000000128. The molecule has 0 unspecified atom stereocenters. The number of aryl methyl sites for hydroxylation is 1. The highest BCUT2D eigenvalue weighted by Gasteiger charge is 2.07. The van der Waals surface area contributed by atoms with Crippen molar-refractivity contribution in [3.63, 3.8) is 0 Å². The highest BCUT2D eigenvalue weighted by Crippen LogP contribution is 2.30. The summed E-state index contributed by atoms with van der Waals surface area (Å²) in [6.45, 7) is 0. The van der Waals surface area contributed by atoms with E-state index in [9.17, 15) is 0 Å². The third-order valence-electron chi connectivity index (χ3n) is 2.10. The molecule has 0 spiro atoms. The fraction of sp³-hybridized carbons (Fsp3) is 0.167. The minimum Gasteiger partial charge on any atom is -0.368 e. The summed E-state index contributed by atoms with van der Waals surface area (Å²) in [6.07, 6.45) is 5.01. The smallest absolute Gasteiger partial charge is 0.0104 e. The van der Waals surface area contributed by atoms with Gasteiger partial charge in [-0.2, -0.15) is 0 Å². The monoisotopic (exact) mass is 203 g/mol. The van der Waals surface area contributed by atoms with Gasteiger partial charge in [0.05, 0.1) is 0 Å². The summed E-state index contributed by atoms with van der Waals surface area (Å²) in [6, 6.07) is 12.5. The van der Waals surface area contributed by atoms with Crippen LogP contribution < -0.4 is 0 Å². The largest absolute Gasteiger partial charge is 0.368 e. The van der Waals surface area contributed by atoms with E-state index in [-0.39, 0.29) is 0 Å².